The van der Waals surface area contributed by atoms with Crippen LogP contribution in [0.5, 0.6) is 0 Å². The Labute approximate surface area is 132 Å². The highest BCUT2D eigenvalue weighted by Crippen LogP contribution is 2.23. The predicted molar refractivity (Wildman–Crippen MR) is 87.3 cm³/mol. The van der Waals surface area contributed by atoms with E-state index in [0.29, 0.717) is 19.7 Å². The van der Waals surface area contributed by atoms with Crippen molar-refractivity contribution in [3.63, 3.8) is 0 Å². The summed E-state index contributed by atoms with van der Waals surface area (Å²) in [6.07, 6.45) is 0. The Bertz CT molecular complexity index is 484. The molecule has 1 aliphatic heterocycles. The van der Waals surface area contributed by atoms with Gasteiger partial charge in [0.05, 0.1) is 12.5 Å². The maximum Gasteiger partial charge on any atom is 0.376 e. The highest BCUT2D eigenvalue weighted by atomic mass is 16.5. The van der Waals surface area contributed by atoms with Gasteiger partial charge >= 0.3 is 13.0 Å². The molecule has 6 heteroatoms. The molecule has 1 aromatic carbocycles. The van der Waals surface area contributed by atoms with Gasteiger partial charge in [-0.05, 0) is 26.2 Å². The lowest BCUT2D eigenvalue weighted by atomic mass is 9.86. The molecule has 3 atom stereocenters. The lowest BCUT2D eigenvalue weighted by molar-refractivity contribution is -0.148. The van der Waals surface area contributed by atoms with Gasteiger partial charge in [-0.2, -0.15) is 0 Å². The van der Waals surface area contributed by atoms with Gasteiger partial charge < -0.3 is 19.9 Å². The number of benzene rings is 1. The van der Waals surface area contributed by atoms with Crippen molar-refractivity contribution >= 4 is 13.0 Å². The number of hydrogen-bond donors (Lipinski definition) is 2. The third kappa shape index (κ3) is 4.09. The van der Waals surface area contributed by atoms with Crippen LogP contribution >= 0.6 is 0 Å². The van der Waals surface area contributed by atoms with Gasteiger partial charge in [0.25, 0.3) is 0 Å². The molecular formula is C16H25BN2O3. The van der Waals surface area contributed by atoms with Crippen molar-refractivity contribution in [3.05, 3.63) is 35.9 Å². The van der Waals surface area contributed by atoms with Crippen LogP contribution < -0.4 is 5.32 Å². The van der Waals surface area contributed by atoms with Crippen LogP contribution in [0.4, 0.5) is 0 Å². The number of nitrogens with one attached hydrogen (secondary N) is 1. The molecule has 1 fully saturated rings. The first-order chi connectivity index (χ1) is 10.5. The smallest absolute Gasteiger partial charge is 0.376 e. The Balaban J connectivity index is 2.06. The molecule has 1 aromatic rings. The van der Waals surface area contributed by atoms with Crippen LogP contribution in [0.1, 0.15) is 25.5 Å². The molecule has 0 radical (unpaired) electrons. The summed E-state index contributed by atoms with van der Waals surface area (Å²) in [4.78, 5) is 14.1. The molecule has 2 rings (SSSR count). The standard InChI is InChI=1S/C16H25BN2O3/c1-4-22-16(20)14-10-19(17(3)21)11-15(14)18-12(2)13-8-6-5-7-9-13/h5-9,12,14-15,18,21H,4,10-11H2,1-3H3/t12-,14-,15-/m1/s1. The average Bonchev–Trinajstić information content (AvgIpc) is 2.92. The van der Waals surface area contributed by atoms with E-state index in [4.69, 9.17) is 4.74 Å². The van der Waals surface area contributed by atoms with Gasteiger partial charge in [-0.1, -0.05) is 30.3 Å². The molecule has 0 saturated carbocycles. The molecule has 0 amide bonds. The Kier molecular flexibility index (Phi) is 6.00. The van der Waals surface area contributed by atoms with E-state index in [-0.39, 0.29) is 24.0 Å². The molecule has 0 bridgehead atoms. The zero-order valence-corrected chi connectivity index (χ0v) is 13.5. The summed E-state index contributed by atoms with van der Waals surface area (Å²) in [6.45, 7) is 7.17. The topological polar surface area (TPSA) is 61.8 Å². The summed E-state index contributed by atoms with van der Waals surface area (Å²) in [6, 6.07) is 10.3. The third-order valence-corrected chi connectivity index (χ3v) is 4.23. The van der Waals surface area contributed by atoms with Crippen molar-refractivity contribution in [2.75, 3.05) is 19.7 Å². The minimum Gasteiger partial charge on any atom is -0.466 e. The second-order valence-electron chi connectivity index (χ2n) is 5.85. The van der Waals surface area contributed by atoms with E-state index in [1.165, 1.54) is 5.56 Å². The number of carbonyl (C=O) groups is 1. The number of ether oxygens (including phenoxy) is 1. The van der Waals surface area contributed by atoms with Crippen molar-refractivity contribution in [2.24, 2.45) is 5.92 Å². The largest absolute Gasteiger partial charge is 0.466 e. The molecule has 0 aliphatic carbocycles. The van der Waals surface area contributed by atoms with E-state index >= 15 is 0 Å². The zero-order valence-electron chi connectivity index (χ0n) is 13.5. The first-order valence-electron chi connectivity index (χ1n) is 7.92. The van der Waals surface area contributed by atoms with Crippen LogP contribution in [0.2, 0.25) is 6.82 Å². The van der Waals surface area contributed by atoms with Crippen molar-refractivity contribution in [1.29, 1.82) is 0 Å². The van der Waals surface area contributed by atoms with Gasteiger partial charge in [0.15, 0.2) is 0 Å². The summed E-state index contributed by atoms with van der Waals surface area (Å²) in [7, 11) is -0.559. The van der Waals surface area contributed by atoms with Gasteiger partial charge in [0.2, 0.25) is 0 Å². The SMILES string of the molecule is CCOC(=O)[C@@H]1CN(B(C)O)C[C@H]1N[C@H](C)c1ccccc1. The van der Waals surface area contributed by atoms with Gasteiger partial charge in [-0.15, -0.1) is 0 Å². The molecule has 2 N–H and O–H groups in total. The number of rotatable bonds is 6. The average molecular weight is 304 g/mol. The summed E-state index contributed by atoms with van der Waals surface area (Å²) >= 11 is 0. The fourth-order valence-corrected chi connectivity index (χ4v) is 2.96. The minimum absolute atomic E-state index is 0.0242. The van der Waals surface area contributed by atoms with Crippen LogP contribution in [0.3, 0.4) is 0 Å². The quantitative estimate of drug-likeness (QED) is 0.613. The second-order valence-corrected chi connectivity index (χ2v) is 5.85. The van der Waals surface area contributed by atoms with E-state index in [1.807, 2.05) is 29.9 Å². The zero-order chi connectivity index (χ0) is 16.1. The highest BCUT2D eigenvalue weighted by molar-refractivity contribution is 6.45. The number of carbonyl (C=O) groups excluding carboxylic acids is 1. The van der Waals surface area contributed by atoms with Crippen molar-refractivity contribution in [1.82, 2.24) is 10.1 Å². The molecule has 0 spiro atoms. The molecule has 1 aliphatic rings. The molecular weight excluding hydrogens is 279 g/mol. The predicted octanol–water partition coefficient (Wildman–Crippen LogP) is 1.31. The molecule has 0 aromatic heterocycles. The first kappa shape index (κ1) is 17.0. The third-order valence-electron chi connectivity index (χ3n) is 4.23. The molecule has 120 valence electrons. The van der Waals surface area contributed by atoms with E-state index in [0.717, 1.165) is 0 Å². The van der Waals surface area contributed by atoms with Crippen LogP contribution in [-0.4, -0.2) is 48.6 Å². The van der Waals surface area contributed by atoms with Crippen LogP contribution in [0.15, 0.2) is 30.3 Å². The van der Waals surface area contributed by atoms with Gasteiger partial charge in [0, 0.05) is 25.2 Å². The highest BCUT2D eigenvalue weighted by Gasteiger charge is 2.41. The van der Waals surface area contributed by atoms with E-state index in [2.05, 4.69) is 24.4 Å². The summed E-state index contributed by atoms with van der Waals surface area (Å²) < 4.78 is 5.18. The maximum absolute atomic E-state index is 12.2. The Morgan fingerprint density at radius 3 is 2.73 bits per heavy atom. The second kappa shape index (κ2) is 7.76. The number of esters is 1. The van der Waals surface area contributed by atoms with E-state index in [9.17, 15) is 9.82 Å². The normalized spacial score (nSPS) is 23.3. The Hall–Kier alpha value is -1.37. The van der Waals surface area contributed by atoms with E-state index in [1.54, 1.807) is 6.82 Å². The van der Waals surface area contributed by atoms with Gasteiger partial charge in [0.1, 0.15) is 0 Å². The summed E-state index contributed by atoms with van der Waals surface area (Å²) in [5, 5.41) is 13.3. The summed E-state index contributed by atoms with van der Waals surface area (Å²) in [5.41, 5.74) is 1.18. The van der Waals surface area contributed by atoms with Crippen LogP contribution in [-0.2, 0) is 9.53 Å². The van der Waals surface area contributed by atoms with Crippen molar-refractivity contribution in [2.45, 2.75) is 32.8 Å². The van der Waals surface area contributed by atoms with Gasteiger partial charge in [-0.25, -0.2) is 0 Å². The molecule has 5 nitrogen and oxygen atoms in total. The molecule has 22 heavy (non-hydrogen) atoms. The lowest BCUT2D eigenvalue weighted by Crippen LogP contribution is -2.42. The Morgan fingerprint density at radius 1 is 1.45 bits per heavy atom. The van der Waals surface area contributed by atoms with Crippen molar-refractivity contribution < 1.29 is 14.6 Å². The minimum atomic E-state index is -0.559. The fourth-order valence-electron chi connectivity index (χ4n) is 2.96. The fraction of sp³-hybridized carbons (Fsp3) is 0.562. The van der Waals surface area contributed by atoms with Crippen LogP contribution in [0, 0.1) is 5.92 Å². The first-order valence-corrected chi connectivity index (χ1v) is 7.92. The lowest BCUT2D eigenvalue weighted by Gasteiger charge is -2.23. The number of nitrogens with zero attached hydrogens (tertiary/aromatic N) is 1. The van der Waals surface area contributed by atoms with E-state index < -0.39 is 7.05 Å². The number of hydrogen-bond acceptors (Lipinski definition) is 5. The monoisotopic (exact) mass is 304 g/mol. The van der Waals surface area contributed by atoms with Gasteiger partial charge in [-0.3, -0.25) is 4.79 Å². The molecule has 1 heterocycles. The molecule has 1 saturated heterocycles. The van der Waals surface area contributed by atoms with Crippen LogP contribution in [0.25, 0.3) is 0 Å². The van der Waals surface area contributed by atoms with Crippen molar-refractivity contribution in [3.8, 4) is 0 Å². The summed E-state index contributed by atoms with van der Waals surface area (Å²) in [5.74, 6) is -0.441. The Morgan fingerprint density at radius 2 is 2.14 bits per heavy atom. The maximum atomic E-state index is 12.2. The molecule has 0 unspecified atom stereocenters.